The Balaban J connectivity index is 2.70. The number of amides is 1. The van der Waals surface area contributed by atoms with Crippen LogP contribution in [0.4, 0.5) is 5.69 Å². The first-order valence-corrected chi connectivity index (χ1v) is 4.42. The van der Waals surface area contributed by atoms with Gasteiger partial charge in [0.2, 0.25) is 0 Å². The number of para-hydroxylation sites is 1. The molecular weight excluding hydrogens is 178 g/mol. The Bertz CT molecular complexity index is 347. The summed E-state index contributed by atoms with van der Waals surface area (Å²) in [7, 11) is 0. The van der Waals surface area contributed by atoms with Crippen molar-refractivity contribution in [1.82, 2.24) is 5.43 Å². The number of carbonyl (C=O) groups excluding carboxylic acids is 1. The highest BCUT2D eigenvalue weighted by molar-refractivity contribution is 5.99. The lowest BCUT2D eigenvalue weighted by molar-refractivity contribution is 0.0956. The quantitative estimate of drug-likeness (QED) is 0.430. The molecule has 0 saturated heterocycles. The molecule has 0 heterocycles. The normalized spacial score (nSPS) is 10.4. The summed E-state index contributed by atoms with van der Waals surface area (Å²) in [5.41, 5.74) is 8.90. The van der Waals surface area contributed by atoms with E-state index in [0.717, 1.165) is 6.42 Å². The van der Waals surface area contributed by atoms with Gasteiger partial charge in [-0.15, -0.1) is 0 Å². The van der Waals surface area contributed by atoms with Crippen molar-refractivity contribution in [3.63, 3.8) is 0 Å². The molecule has 1 aromatic carbocycles. The maximum Gasteiger partial charge on any atom is 0.273 e. The highest BCUT2D eigenvalue weighted by Crippen LogP contribution is 2.09. The maximum atomic E-state index is 11.4. The molecule has 4 nitrogen and oxygen atoms in total. The van der Waals surface area contributed by atoms with Crippen LogP contribution in [0, 0.1) is 0 Å². The molecule has 0 spiro atoms. The molecule has 4 heteroatoms. The van der Waals surface area contributed by atoms with Crippen molar-refractivity contribution in [2.45, 2.75) is 13.3 Å². The molecule has 74 valence electrons. The summed E-state index contributed by atoms with van der Waals surface area (Å²) < 4.78 is 0. The van der Waals surface area contributed by atoms with Crippen LogP contribution in [0.5, 0.6) is 0 Å². The van der Waals surface area contributed by atoms with Crippen molar-refractivity contribution in [2.24, 2.45) is 5.10 Å². The van der Waals surface area contributed by atoms with E-state index in [1.165, 1.54) is 0 Å². The molecule has 14 heavy (non-hydrogen) atoms. The third-order valence-electron chi connectivity index (χ3n) is 1.65. The van der Waals surface area contributed by atoms with Crippen LogP contribution in [0.2, 0.25) is 0 Å². The molecule has 0 atom stereocenters. The zero-order valence-electron chi connectivity index (χ0n) is 8.03. The summed E-state index contributed by atoms with van der Waals surface area (Å²) in [6.45, 7) is 1.94. The first kappa shape index (κ1) is 10.2. The summed E-state index contributed by atoms with van der Waals surface area (Å²) in [5, 5.41) is 3.73. The Morgan fingerprint density at radius 2 is 2.29 bits per heavy atom. The van der Waals surface area contributed by atoms with Crippen LogP contribution in [0.1, 0.15) is 23.7 Å². The van der Waals surface area contributed by atoms with Gasteiger partial charge in [0, 0.05) is 11.9 Å². The highest BCUT2D eigenvalue weighted by atomic mass is 16.2. The van der Waals surface area contributed by atoms with Gasteiger partial charge in [-0.2, -0.15) is 5.10 Å². The van der Waals surface area contributed by atoms with E-state index >= 15 is 0 Å². The molecule has 0 bridgehead atoms. The van der Waals surface area contributed by atoms with Crippen molar-refractivity contribution >= 4 is 17.8 Å². The van der Waals surface area contributed by atoms with E-state index in [0.29, 0.717) is 11.3 Å². The molecule has 0 aliphatic carbocycles. The summed E-state index contributed by atoms with van der Waals surface area (Å²) in [6.07, 6.45) is 2.40. The third kappa shape index (κ3) is 2.58. The smallest absolute Gasteiger partial charge is 0.273 e. The number of hydrogen-bond acceptors (Lipinski definition) is 3. The second-order valence-electron chi connectivity index (χ2n) is 2.75. The number of nitrogens with zero attached hydrogens (tertiary/aromatic N) is 1. The molecule has 0 radical (unpaired) electrons. The van der Waals surface area contributed by atoms with Crippen LogP contribution in [0.25, 0.3) is 0 Å². The Morgan fingerprint density at radius 1 is 1.57 bits per heavy atom. The predicted molar refractivity (Wildman–Crippen MR) is 57.1 cm³/mol. The Hall–Kier alpha value is -1.84. The van der Waals surface area contributed by atoms with Gasteiger partial charge in [0.15, 0.2) is 0 Å². The van der Waals surface area contributed by atoms with Crippen molar-refractivity contribution in [1.29, 1.82) is 0 Å². The highest BCUT2D eigenvalue weighted by Gasteiger charge is 2.06. The van der Waals surface area contributed by atoms with E-state index in [1.54, 1.807) is 30.5 Å². The predicted octanol–water partition coefficient (Wildman–Crippen LogP) is 1.39. The molecule has 0 saturated carbocycles. The van der Waals surface area contributed by atoms with Crippen LogP contribution in [0.15, 0.2) is 29.4 Å². The Kier molecular flexibility index (Phi) is 3.67. The standard InChI is InChI=1S/C10H13N3O/c1-2-7-12-13-10(14)8-5-3-4-6-9(8)11/h3-7H,2,11H2,1H3,(H,13,14)/b12-7-. The molecule has 0 fully saturated rings. The number of carbonyl (C=O) groups is 1. The first-order chi connectivity index (χ1) is 6.75. The third-order valence-corrected chi connectivity index (χ3v) is 1.65. The average Bonchev–Trinajstić information content (AvgIpc) is 2.18. The van der Waals surface area contributed by atoms with E-state index in [9.17, 15) is 4.79 Å². The molecule has 0 aliphatic heterocycles. The number of rotatable bonds is 3. The zero-order valence-corrected chi connectivity index (χ0v) is 8.03. The van der Waals surface area contributed by atoms with Gasteiger partial charge in [0.05, 0.1) is 5.56 Å². The largest absolute Gasteiger partial charge is 0.398 e. The van der Waals surface area contributed by atoms with Crippen molar-refractivity contribution in [2.75, 3.05) is 5.73 Å². The summed E-state index contributed by atoms with van der Waals surface area (Å²) in [5.74, 6) is -0.284. The van der Waals surface area contributed by atoms with Gasteiger partial charge in [0.25, 0.3) is 5.91 Å². The zero-order chi connectivity index (χ0) is 10.4. The number of nitrogens with one attached hydrogen (secondary N) is 1. The SMILES string of the molecule is CC/C=N\NC(=O)c1ccccc1N. The van der Waals surface area contributed by atoms with Crippen LogP contribution in [-0.4, -0.2) is 12.1 Å². The monoisotopic (exact) mass is 191 g/mol. The van der Waals surface area contributed by atoms with E-state index in [4.69, 9.17) is 5.73 Å². The minimum Gasteiger partial charge on any atom is -0.398 e. The van der Waals surface area contributed by atoms with Gasteiger partial charge in [-0.3, -0.25) is 4.79 Å². The summed E-state index contributed by atoms with van der Waals surface area (Å²) >= 11 is 0. The number of anilines is 1. The van der Waals surface area contributed by atoms with Gasteiger partial charge in [-0.1, -0.05) is 19.1 Å². The molecule has 0 aromatic heterocycles. The first-order valence-electron chi connectivity index (χ1n) is 4.42. The second kappa shape index (κ2) is 5.01. The molecule has 1 aromatic rings. The van der Waals surface area contributed by atoms with E-state index in [2.05, 4.69) is 10.5 Å². The van der Waals surface area contributed by atoms with E-state index in [-0.39, 0.29) is 5.91 Å². The Labute approximate surface area is 82.8 Å². The minimum atomic E-state index is -0.284. The average molecular weight is 191 g/mol. The van der Waals surface area contributed by atoms with Crippen molar-refractivity contribution < 1.29 is 4.79 Å². The number of hydrogen-bond donors (Lipinski definition) is 2. The van der Waals surface area contributed by atoms with Gasteiger partial charge >= 0.3 is 0 Å². The van der Waals surface area contributed by atoms with E-state index < -0.39 is 0 Å². The van der Waals surface area contributed by atoms with Gasteiger partial charge < -0.3 is 5.73 Å². The summed E-state index contributed by atoms with van der Waals surface area (Å²) in [6, 6.07) is 6.88. The molecule has 0 aliphatic rings. The molecule has 3 N–H and O–H groups in total. The number of benzene rings is 1. The van der Waals surface area contributed by atoms with Gasteiger partial charge in [0.1, 0.15) is 0 Å². The van der Waals surface area contributed by atoms with Crippen molar-refractivity contribution in [3.8, 4) is 0 Å². The lowest BCUT2D eigenvalue weighted by atomic mass is 10.2. The molecule has 1 rings (SSSR count). The van der Waals surface area contributed by atoms with Crippen LogP contribution >= 0.6 is 0 Å². The lowest BCUT2D eigenvalue weighted by Gasteiger charge is -2.02. The van der Waals surface area contributed by atoms with Crippen LogP contribution in [-0.2, 0) is 0 Å². The molecular formula is C10H13N3O. The van der Waals surface area contributed by atoms with Crippen LogP contribution in [0.3, 0.4) is 0 Å². The topological polar surface area (TPSA) is 67.5 Å². The minimum absolute atomic E-state index is 0.284. The maximum absolute atomic E-state index is 11.4. The van der Waals surface area contributed by atoms with Crippen LogP contribution < -0.4 is 11.2 Å². The fourth-order valence-corrected chi connectivity index (χ4v) is 0.960. The number of nitrogen functional groups attached to an aromatic ring is 1. The second-order valence-corrected chi connectivity index (χ2v) is 2.75. The van der Waals surface area contributed by atoms with Gasteiger partial charge in [-0.05, 0) is 18.6 Å². The molecule has 0 unspecified atom stereocenters. The summed E-state index contributed by atoms with van der Waals surface area (Å²) in [4.78, 5) is 11.4. The molecule has 1 amide bonds. The van der Waals surface area contributed by atoms with Gasteiger partial charge in [-0.25, -0.2) is 5.43 Å². The fourth-order valence-electron chi connectivity index (χ4n) is 0.960. The number of hydrazone groups is 1. The fraction of sp³-hybridized carbons (Fsp3) is 0.200. The lowest BCUT2D eigenvalue weighted by Crippen LogP contribution is -2.18. The number of nitrogens with two attached hydrogens (primary N) is 1. The Morgan fingerprint density at radius 3 is 2.93 bits per heavy atom. The van der Waals surface area contributed by atoms with Crippen molar-refractivity contribution in [3.05, 3.63) is 29.8 Å². The van der Waals surface area contributed by atoms with E-state index in [1.807, 2.05) is 6.92 Å².